The molecule has 1 aromatic carbocycles. The molecule has 1 aromatic heterocycles. The predicted octanol–water partition coefficient (Wildman–Crippen LogP) is 2.55. The number of rotatable bonds is 2. The second-order valence-electron chi connectivity index (χ2n) is 3.77. The number of halogens is 3. The van der Waals surface area contributed by atoms with Gasteiger partial charge in [0.1, 0.15) is 6.07 Å². The number of H-pyrrole nitrogens is 1. The first-order valence-electron chi connectivity index (χ1n) is 5.34. The van der Waals surface area contributed by atoms with Gasteiger partial charge in [-0.1, -0.05) is 12.1 Å². The molecular weight excluding hydrogens is 273 g/mol. The van der Waals surface area contributed by atoms with Gasteiger partial charge in [0.25, 0.3) is 5.91 Å². The SMILES string of the molecule is N#Cc1ccccc1NC(=O)c1cn[nH]c1C(F)(F)F. The number of hydrogen-bond acceptors (Lipinski definition) is 3. The Hall–Kier alpha value is -2.82. The van der Waals surface area contributed by atoms with E-state index in [2.05, 4.69) is 10.4 Å². The Balaban J connectivity index is 2.30. The highest BCUT2D eigenvalue weighted by atomic mass is 19.4. The fraction of sp³-hybridized carbons (Fsp3) is 0.0833. The number of carbonyl (C=O) groups is 1. The maximum atomic E-state index is 12.6. The fourth-order valence-corrected chi connectivity index (χ4v) is 1.55. The molecule has 0 spiro atoms. The minimum atomic E-state index is -4.71. The van der Waals surface area contributed by atoms with Crippen LogP contribution in [0, 0.1) is 11.3 Å². The molecule has 0 bridgehead atoms. The van der Waals surface area contributed by atoms with E-state index in [4.69, 9.17) is 5.26 Å². The molecular formula is C12H7F3N4O. The van der Waals surface area contributed by atoms with Crippen LogP contribution < -0.4 is 5.32 Å². The highest BCUT2D eigenvalue weighted by Crippen LogP contribution is 2.30. The monoisotopic (exact) mass is 280 g/mol. The summed E-state index contributed by atoms with van der Waals surface area (Å²) in [6, 6.07) is 7.82. The molecule has 5 nitrogen and oxygen atoms in total. The Morgan fingerprint density at radius 2 is 2.05 bits per heavy atom. The first-order valence-corrected chi connectivity index (χ1v) is 5.34. The van der Waals surface area contributed by atoms with E-state index in [1.54, 1.807) is 17.2 Å². The maximum Gasteiger partial charge on any atom is 0.433 e. The first-order chi connectivity index (χ1) is 9.43. The zero-order chi connectivity index (χ0) is 14.8. The predicted molar refractivity (Wildman–Crippen MR) is 62.7 cm³/mol. The van der Waals surface area contributed by atoms with Gasteiger partial charge in [-0.15, -0.1) is 0 Å². The summed E-state index contributed by atoms with van der Waals surface area (Å²) in [7, 11) is 0. The summed E-state index contributed by atoms with van der Waals surface area (Å²) < 4.78 is 37.9. The van der Waals surface area contributed by atoms with Gasteiger partial charge in [-0.05, 0) is 12.1 Å². The lowest BCUT2D eigenvalue weighted by Gasteiger charge is -2.08. The third-order valence-corrected chi connectivity index (χ3v) is 2.46. The lowest BCUT2D eigenvalue weighted by molar-refractivity contribution is -0.141. The van der Waals surface area contributed by atoms with Gasteiger partial charge in [-0.2, -0.15) is 23.5 Å². The van der Waals surface area contributed by atoms with Crippen LogP contribution in [0.5, 0.6) is 0 Å². The zero-order valence-corrected chi connectivity index (χ0v) is 9.82. The summed E-state index contributed by atoms with van der Waals surface area (Å²) in [4.78, 5) is 11.8. The number of anilines is 1. The highest BCUT2D eigenvalue weighted by Gasteiger charge is 2.37. The van der Waals surface area contributed by atoms with E-state index < -0.39 is 23.3 Å². The van der Waals surface area contributed by atoms with Crippen LogP contribution in [0.1, 0.15) is 21.6 Å². The molecule has 8 heteroatoms. The Morgan fingerprint density at radius 3 is 2.70 bits per heavy atom. The Labute approximate surface area is 111 Å². The van der Waals surface area contributed by atoms with Gasteiger partial charge in [-0.25, -0.2) is 0 Å². The van der Waals surface area contributed by atoms with Crippen molar-refractivity contribution in [2.24, 2.45) is 0 Å². The number of aromatic nitrogens is 2. The standard InChI is InChI=1S/C12H7F3N4O/c13-12(14,15)10-8(6-17-19-10)11(20)18-9-4-2-1-3-7(9)5-16/h1-4,6H,(H,17,19)(H,18,20). The number of carbonyl (C=O) groups excluding carboxylic acids is 1. The van der Waals surface area contributed by atoms with Crippen LogP contribution in [0.2, 0.25) is 0 Å². The highest BCUT2D eigenvalue weighted by molar-refractivity contribution is 6.05. The van der Waals surface area contributed by atoms with Crippen LogP contribution in [0.25, 0.3) is 0 Å². The van der Waals surface area contributed by atoms with E-state index in [0.29, 0.717) is 0 Å². The Bertz CT molecular complexity index is 684. The summed E-state index contributed by atoms with van der Waals surface area (Å²) in [5.74, 6) is -0.992. The minimum absolute atomic E-state index is 0.134. The van der Waals surface area contributed by atoms with Crippen LogP contribution in [-0.4, -0.2) is 16.1 Å². The van der Waals surface area contributed by atoms with E-state index in [1.165, 1.54) is 12.1 Å². The molecule has 2 aromatic rings. The van der Waals surface area contributed by atoms with Gasteiger partial charge >= 0.3 is 6.18 Å². The lowest BCUT2D eigenvalue weighted by Crippen LogP contribution is -2.18. The van der Waals surface area contributed by atoms with Gasteiger partial charge in [-0.3, -0.25) is 9.89 Å². The fourth-order valence-electron chi connectivity index (χ4n) is 1.55. The van der Waals surface area contributed by atoms with Crippen molar-refractivity contribution in [2.75, 3.05) is 5.32 Å². The second kappa shape index (κ2) is 5.05. The smallest absolute Gasteiger partial charge is 0.321 e. The number of benzene rings is 1. The molecule has 2 N–H and O–H groups in total. The summed E-state index contributed by atoms with van der Waals surface area (Å²) in [5, 5.41) is 16.1. The maximum absolute atomic E-state index is 12.6. The molecule has 0 saturated carbocycles. The van der Waals surface area contributed by atoms with Gasteiger partial charge in [0.2, 0.25) is 0 Å². The number of nitrogens with one attached hydrogen (secondary N) is 2. The first kappa shape index (κ1) is 13.6. The van der Waals surface area contributed by atoms with Gasteiger partial charge in [0.05, 0.1) is 23.0 Å². The van der Waals surface area contributed by atoms with Gasteiger partial charge < -0.3 is 5.32 Å². The number of alkyl halides is 3. The van der Waals surface area contributed by atoms with Crippen molar-refractivity contribution in [1.29, 1.82) is 5.26 Å². The van der Waals surface area contributed by atoms with Crippen molar-refractivity contribution < 1.29 is 18.0 Å². The average molecular weight is 280 g/mol. The molecule has 0 unspecified atom stereocenters. The van der Waals surface area contributed by atoms with E-state index in [1.807, 2.05) is 6.07 Å². The van der Waals surface area contributed by atoms with Crippen LogP contribution in [0.15, 0.2) is 30.5 Å². The van der Waals surface area contributed by atoms with E-state index in [9.17, 15) is 18.0 Å². The number of aromatic amines is 1. The molecule has 0 fully saturated rings. The zero-order valence-electron chi connectivity index (χ0n) is 9.82. The molecule has 1 amide bonds. The summed E-state index contributed by atoms with van der Waals surface area (Å²) >= 11 is 0. The van der Waals surface area contributed by atoms with Crippen molar-refractivity contribution in [3.63, 3.8) is 0 Å². The van der Waals surface area contributed by atoms with Crippen LogP contribution in [0.4, 0.5) is 18.9 Å². The number of amides is 1. The second-order valence-corrected chi connectivity index (χ2v) is 3.77. The summed E-state index contributed by atoms with van der Waals surface area (Å²) in [5.41, 5.74) is -1.58. The molecule has 0 saturated heterocycles. The molecule has 0 aliphatic carbocycles. The number of nitriles is 1. The van der Waals surface area contributed by atoms with Gasteiger partial charge in [0, 0.05) is 0 Å². The van der Waals surface area contributed by atoms with Crippen molar-refractivity contribution in [2.45, 2.75) is 6.18 Å². The van der Waals surface area contributed by atoms with Crippen molar-refractivity contribution in [1.82, 2.24) is 10.2 Å². The van der Waals surface area contributed by atoms with Crippen molar-refractivity contribution in [3.05, 3.63) is 47.3 Å². The molecule has 0 aliphatic heterocycles. The van der Waals surface area contributed by atoms with Crippen LogP contribution in [-0.2, 0) is 6.18 Å². The molecule has 20 heavy (non-hydrogen) atoms. The number of para-hydroxylation sites is 1. The molecule has 1 heterocycles. The molecule has 102 valence electrons. The van der Waals surface area contributed by atoms with Crippen LogP contribution >= 0.6 is 0 Å². The number of nitrogens with zero attached hydrogens (tertiary/aromatic N) is 2. The van der Waals surface area contributed by atoms with Gasteiger partial charge in [0.15, 0.2) is 5.69 Å². The quantitative estimate of drug-likeness (QED) is 0.886. The lowest BCUT2D eigenvalue weighted by atomic mass is 10.1. The molecule has 0 atom stereocenters. The topological polar surface area (TPSA) is 81.6 Å². The van der Waals surface area contributed by atoms with Crippen molar-refractivity contribution >= 4 is 11.6 Å². The van der Waals surface area contributed by atoms with Crippen molar-refractivity contribution in [3.8, 4) is 6.07 Å². The molecule has 2 rings (SSSR count). The summed E-state index contributed by atoms with van der Waals surface area (Å²) in [6.07, 6.45) is -3.93. The van der Waals surface area contributed by atoms with Crippen LogP contribution in [0.3, 0.4) is 0 Å². The third-order valence-electron chi connectivity index (χ3n) is 2.46. The van der Waals surface area contributed by atoms with E-state index >= 15 is 0 Å². The average Bonchev–Trinajstić information content (AvgIpc) is 2.88. The largest absolute Gasteiger partial charge is 0.433 e. The van der Waals surface area contributed by atoms with E-state index in [0.717, 1.165) is 6.20 Å². The summed E-state index contributed by atoms with van der Waals surface area (Å²) in [6.45, 7) is 0. The minimum Gasteiger partial charge on any atom is -0.321 e. The Kier molecular flexibility index (Phi) is 3.43. The number of hydrogen-bond donors (Lipinski definition) is 2. The third kappa shape index (κ3) is 2.61. The Morgan fingerprint density at radius 1 is 1.35 bits per heavy atom. The normalized spacial score (nSPS) is 10.9. The molecule has 0 radical (unpaired) electrons. The van der Waals surface area contributed by atoms with E-state index in [-0.39, 0.29) is 11.3 Å². The molecule has 0 aliphatic rings.